The molecule has 0 atom stereocenters. The van der Waals surface area contributed by atoms with E-state index in [1.54, 1.807) is 12.0 Å². The third kappa shape index (κ3) is 3.22. The molecule has 0 aliphatic carbocycles. The number of fused-ring (bicyclic) bond motifs is 1. The minimum atomic E-state index is 0.171. The van der Waals surface area contributed by atoms with Crippen LogP contribution in [0.5, 0.6) is 5.75 Å². The highest BCUT2D eigenvalue weighted by Gasteiger charge is 2.22. The normalized spacial score (nSPS) is 16.2. The number of ether oxygens (including phenoxy) is 1. The van der Waals surface area contributed by atoms with E-state index in [0.29, 0.717) is 19.0 Å². The molecular weight excluding hydrogens is 302 g/mol. The number of aromatic nitrogens is 1. The zero-order valence-corrected chi connectivity index (χ0v) is 14.9. The highest BCUT2D eigenvalue weighted by atomic mass is 16.5. The zero-order valence-electron chi connectivity index (χ0n) is 14.9. The molecule has 0 N–H and O–H groups in total. The predicted octanol–water partition coefficient (Wildman–Crippen LogP) is 2.64. The first-order chi connectivity index (χ1) is 11.5. The summed E-state index contributed by atoms with van der Waals surface area (Å²) in [7, 11) is 3.55. The standard InChI is InChI=1S/C19H25N3O2/c1-13(2)16-5-6-20-19-14(9-15(24-4)10-17(16)19)11-22-8-7-21(3)18(23)12-22/h5-6,9-10,13H,7-8,11-12H2,1-4H3. The van der Waals surface area contributed by atoms with Crippen LogP contribution < -0.4 is 4.74 Å². The number of hydrogen-bond acceptors (Lipinski definition) is 4. The van der Waals surface area contributed by atoms with Gasteiger partial charge in [-0.15, -0.1) is 0 Å². The van der Waals surface area contributed by atoms with Crippen LogP contribution in [0.3, 0.4) is 0 Å². The van der Waals surface area contributed by atoms with Crippen LogP contribution in [0.15, 0.2) is 24.4 Å². The number of carbonyl (C=O) groups is 1. The van der Waals surface area contributed by atoms with Crippen molar-refractivity contribution in [3.05, 3.63) is 35.5 Å². The Hall–Kier alpha value is -2.14. The molecule has 5 heteroatoms. The van der Waals surface area contributed by atoms with Gasteiger partial charge in [-0.2, -0.15) is 0 Å². The highest BCUT2D eigenvalue weighted by Crippen LogP contribution is 2.31. The molecule has 0 saturated carbocycles. The van der Waals surface area contributed by atoms with Crippen LogP contribution in [0.1, 0.15) is 30.9 Å². The van der Waals surface area contributed by atoms with Gasteiger partial charge in [-0.25, -0.2) is 0 Å². The van der Waals surface area contributed by atoms with Gasteiger partial charge in [0, 0.05) is 38.3 Å². The molecule has 1 aliphatic rings. The molecule has 0 spiro atoms. The van der Waals surface area contributed by atoms with Gasteiger partial charge in [-0.1, -0.05) is 13.8 Å². The summed E-state index contributed by atoms with van der Waals surface area (Å²) in [5, 5.41) is 1.14. The SMILES string of the molecule is COc1cc(CN2CCN(C)C(=O)C2)c2nccc(C(C)C)c2c1. The summed E-state index contributed by atoms with van der Waals surface area (Å²) in [6.07, 6.45) is 1.88. The fraction of sp³-hybridized carbons (Fsp3) is 0.474. The minimum absolute atomic E-state index is 0.171. The molecule has 5 nitrogen and oxygen atoms in total. The van der Waals surface area contributed by atoms with Crippen LogP contribution in [0, 0.1) is 0 Å². The van der Waals surface area contributed by atoms with E-state index in [1.807, 2.05) is 19.3 Å². The van der Waals surface area contributed by atoms with Crippen LogP contribution >= 0.6 is 0 Å². The lowest BCUT2D eigenvalue weighted by molar-refractivity contribution is -0.134. The Labute approximate surface area is 143 Å². The van der Waals surface area contributed by atoms with E-state index in [1.165, 1.54) is 5.56 Å². The largest absolute Gasteiger partial charge is 0.497 e. The number of piperazine rings is 1. The summed E-state index contributed by atoms with van der Waals surface area (Å²) in [4.78, 5) is 20.6. The minimum Gasteiger partial charge on any atom is -0.497 e. The predicted molar refractivity (Wildman–Crippen MR) is 95.3 cm³/mol. The van der Waals surface area contributed by atoms with E-state index < -0.39 is 0 Å². The lowest BCUT2D eigenvalue weighted by Gasteiger charge is -2.32. The molecule has 1 saturated heterocycles. The number of benzene rings is 1. The van der Waals surface area contributed by atoms with Gasteiger partial charge >= 0.3 is 0 Å². The molecule has 3 rings (SSSR count). The van der Waals surface area contributed by atoms with Crippen LogP contribution in [0.4, 0.5) is 0 Å². The maximum atomic E-state index is 12.0. The highest BCUT2D eigenvalue weighted by molar-refractivity contribution is 5.87. The van der Waals surface area contributed by atoms with Gasteiger partial charge in [0.2, 0.25) is 5.91 Å². The first-order valence-corrected chi connectivity index (χ1v) is 8.41. The van der Waals surface area contributed by atoms with Crippen molar-refractivity contribution >= 4 is 16.8 Å². The summed E-state index contributed by atoms with van der Waals surface area (Å²) in [5.74, 6) is 1.43. The lowest BCUT2D eigenvalue weighted by atomic mass is 9.96. The second kappa shape index (κ2) is 6.77. The van der Waals surface area contributed by atoms with E-state index in [0.717, 1.165) is 35.3 Å². The molecule has 2 aromatic rings. The van der Waals surface area contributed by atoms with Gasteiger partial charge in [-0.05, 0) is 35.2 Å². The molecule has 24 heavy (non-hydrogen) atoms. The van der Waals surface area contributed by atoms with Crippen molar-refractivity contribution in [1.29, 1.82) is 0 Å². The van der Waals surface area contributed by atoms with Crippen molar-refractivity contribution in [2.45, 2.75) is 26.3 Å². The summed E-state index contributed by atoms with van der Waals surface area (Å²) in [5.41, 5.74) is 3.40. The summed E-state index contributed by atoms with van der Waals surface area (Å²) < 4.78 is 5.50. The number of pyridine rings is 1. The monoisotopic (exact) mass is 327 g/mol. The molecule has 1 amide bonds. The van der Waals surface area contributed by atoms with Crippen molar-refractivity contribution in [3.8, 4) is 5.75 Å². The van der Waals surface area contributed by atoms with Crippen molar-refractivity contribution < 1.29 is 9.53 Å². The quantitative estimate of drug-likeness (QED) is 0.866. The van der Waals surface area contributed by atoms with Crippen LogP contribution in [-0.2, 0) is 11.3 Å². The smallest absolute Gasteiger partial charge is 0.236 e. The van der Waals surface area contributed by atoms with Gasteiger partial charge in [0.1, 0.15) is 5.75 Å². The van der Waals surface area contributed by atoms with Crippen molar-refractivity contribution in [1.82, 2.24) is 14.8 Å². The van der Waals surface area contributed by atoms with Crippen molar-refractivity contribution in [2.24, 2.45) is 0 Å². The average Bonchev–Trinajstić information content (AvgIpc) is 2.57. The molecule has 2 heterocycles. The third-order valence-electron chi connectivity index (χ3n) is 4.72. The van der Waals surface area contributed by atoms with E-state index in [9.17, 15) is 4.79 Å². The van der Waals surface area contributed by atoms with Crippen molar-refractivity contribution in [2.75, 3.05) is 33.8 Å². The van der Waals surface area contributed by atoms with Gasteiger partial charge in [0.25, 0.3) is 0 Å². The van der Waals surface area contributed by atoms with Gasteiger partial charge < -0.3 is 9.64 Å². The third-order valence-corrected chi connectivity index (χ3v) is 4.72. The first-order valence-electron chi connectivity index (χ1n) is 8.41. The fourth-order valence-electron chi connectivity index (χ4n) is 3.24. The molecule has 1 aromatic heterocycles. The summed E-state index contributed by atoms with van der Waals surface area (Å²) in [6.45, 7) is 7.19. The molecule has 0 radical (unpaired) electrons. The summed E-state index contributed by atoms with van der Waals surface area (Å²) in [6, 6.07) is 6.19. The van der Waals surface area contributed by atoms with E-state index >= 15 is 0 Å². The topological polar surface area (TPSA) is 45.7 Å². The Kier molecular flexibility index (Phi) is 4.71. The van der Waals surface area contributed by atoms with Crippen LogP contribution in [-0.4, -0.2) is 54.5 Å². The van der Waals surface area contributed by atoms with E-state index in [4.69, 9.17) is 4.74 Å². The fourth-order valence-corrected chi connectivity index (χ4v) is 3.24. The molecular formula is C19H25N3O2. The average molecular weight is 327 g/mol. The van der Waals surface area contributed by atoms with Crippen molar-refractivity contribution in [3.63, 3.8) is 0 Å². The maximum absolute atomic E-state index is 12.0. The zero-order chi connectivity index (χ0) is 17.3. The second-order valence-corrected chi connectivity index (χ2v) is 6.76. The number of amides is 1. The Morgan fingerprint density at radius 1 is 1.29 bits per heavy atom. The van der Waals surface area contributed by atoms with Gasteiger partial charge in [-0.3, -0.25) is 14.7 Å². The molecule has 1 aliphatic heterocycles. The Morgan fingerprint density at radius 3 is 2.75 bits per heavy atom. The molecule has 0 bridgehead atoms. The van der Waals surface area contributed by atoms with E-state index in [2.05, 4.69) is 35.9 Å². The number of rotatable bonds is 4. The maximum Gasteiger partial charge on any atom is 0.236 e. The number of hydrogen-bond donors (Lipinski definition) is 0. The molecule has 1 fully saturated rings. The number of methoxy groups -OCH3 is 1. The molecule has 128 valence electrons. The number of likely N-dealkylation sites (N-methyl/N-ethyl adjacent to an activating group) is 1. The van der Waals surface area contributed by atoms with Crippen LogP contribution in [0.2, 0.25) is 0 Å². The Morgan fingerprint density at radius 2 is 2.08 bits per heavy atom. The molecule has 0 unspecified atom stereocenters. The molecule has 1 aromatic carbocycles. The van der Waals surface area contributed by atoms with E-state index in [-0.39, 0.29) is 5.91 Å². The number of carbonyl (C=O) groups excluding carboxylic acids is 1. The van der Waals surface area contributed by atoms with Crippen LogP contribution in [0.25, 0.3) is 10.9 Å². The Balaban J connectivity index is 2.00. The first kappa shape index (κ1) is 16.7. The lowest BCUT2D eigenvalue weighted by Crippen LogP contribution is -2.48. The van der Waals surface area contributed by atoms with Gasteiger partial charge in [0.15, 0.2) is 0 Å². The van der Waals surface area contributed by atoms with Gasteiger partial charge in [0.05, 0.1) is 19.2 Å². The summed E-state index contributed by atoms with van der Waals surface area (Å²) >= 11 is 0. The Bertz CT molecular complexity index is 758. The second-order valence-electron chi connectivity index (χ2n) is 6.76. The number of nitrogens with zero attached hydrogens (tertiary/aromatic N) is 3.